The molecule has 4 rings (SSSR count). The highest BCUT2D eigenvalue weighted by Gasteiger charge is 2.21. The van der Waals surface area contributed by atoms with Gasteiger partial charge in [-0.25, -0.2) is 4.39 Å². The summed E-state index contributed by atoms with van der Waals surface area (Å²) >= 11 is 0. The number of piperazine rings is 1. The minimum absolute atomic E-state index is 0.212. The third-order valence-corrected chi connectivity index (χ3v) is 5.15. The van der Waals surface area contributed by atoms with Gasteiger partial charge in [-0.15, -0.1) is 0 Å². The smallest absolute Gasteiger partial charge is 0.229 e. The minimum atomic E-state index is -0.212. The molecule has 9 heteroatoms. The molecule has 0 radical (unpaired) electrons. The van der Waals surface area contributed by atoms with Crippen LogP contribution in [0.2, 0.25) is 0 Å². The second-order valence-electron chi connectivity index (χ2n) is 7.10. The number of anilines is 3. The summed E-state index contributed by atoms with van der Waals surface area (Å²) in [6.07, 6.45) is 2.69. The predicted molar refractivity (Wildman–Crippen MR) is 112 cm³/mol. The molecule has 1 aliphatic heterocycles. The van der Waals surface area contributed by atoms with Crippen molar-refractivity contribution in [1.29, 1.82) is 0 Å². The fraction of sp³-hybridized carbons (Fsp3) is 0.450. The quantitative estimate of drug-likeness (QED) is 0.611. The van der Waals surface area contributed by atoms with E-state index in [9.17, 15) is 4.39 Å². The van der Waals surface area contributed by atoms with E-state index in [0.29, 0.717) is 12.6 Å². The molecule has 1 N–H and O–H groups in total. The summed E-state index contributed by atoms with van der Waals surface area (Å²) in [7, 11) is 3.59. The van der Waals surface area contributed by atoms with Gasteiger partial charge < -0.3 is 19.9 Å². The molecular weight excluding hydrogens is 373 g/mol. The number of ether oxygens (including phenoxy) is 1. The summed E-state index contributed by atoms with van der Waals surface area (Å²) in [5.74, 6) is 1.29. The van der Waals surface area contributed by atoms with Crippen molar-refractivity contribution >= 4 is 28.5 Å². The van der Waals surface area contributed by atoms with Crippen molar-refractivity contribution in [2.45, 2.75) is 6.42 Å². The topological polar surface area (TPSA) is 71.3 Å². The van der Waals surface area contributed by atoms with E-state index in [-0.39, 0.29) is 5.82 Å². The van der Waals surface area contributed by atoms with Gasteiger partial charge in [0.25, 0.3) is 0 Å². The van der Waals surface area contributed by atoms with Gasteiger partial charge in [0.15, 0.2) is 5.65 Å². The van der Waals surface area contributed by atoms with Crippen molar-refractivity contribution in [1.82, 2.24) is 19.7 Å². The fourth-order valence-corrected chi connectivity index (χ4v) is 3.53. The molecular formula is C20H26FN7O. The summed E-state index contributed by atoms with van der Waals surface area (Å²) in [4.78, 5) is 14.0. The van der Waals surface area contributed by atoms with Gasteiger partial charge in [0.1, 0.15) is 11.6 Å². The van der Waals surface area contributed by atoms with Crippen LogP contribution in [0.15, 0.2) is 30.5 Å². The van der Waals surface area contributed by atoms with E-state index < -0.39 is 0 Å². The lowest BCUT2D eigenvalue weighted by Gasteiger charge is -2.36. The lowest BCUT2D eigenvalue weighted by molar-refractivity contribution is 0.198. The van der Waals surface area contributed by atoms with Crippen LogP contribution in [0.4, 0.5) is 21.8 Å². The Morgan fingerprint density at radius 2 is 1.79 bits per heavy atom. The van der Waals surface area contributed by atoms with Crippen molar-refractivity contribution in [3.63, 3.8) is 0 Å². The van der Waals surface area contributed by atoms with Gasteiger partial charge in [-0.05, 0) is 30.7 Å². The highest BCUT2D eigenvalue weighted by Crippen LogP contribution is 2.25. The number of methoxy groups -OCH3 is 1. The van der Waals surface area contributed by atoms with Gasteiger partial charge in [0.05, 0.1) is 11.6 Å². The Morgan fingerprint density at radius 1 is 1.07 bits per heavy atom. The van der Waals surface area contributed by atoms with Crippen LogP contribution in [0, 0.1) is 5.82 Å². The van der Waals surface area contributed by atoms with E-state index in [2.05, 4.69) is 20.2 Å². The molecule has 1 aromatic carbocycles. The Labute approximate surface area is 169 Å². The molecule has 1 aliphatic rings. The number of halogens is 1. The summed E-state index contributed by atoms with van der Waals surface area (Å²) in [5.41, 5.74) is 1.85. The molecule has 0 spiro atoms. The van der Waals surface area contributed by atoms with E-state index in [1.54, 1.807) is 18.0 Å². The van der Waals surface area contributed by atoms with Crippen LogP contribution in [0.25, 0.3) is 11.0 Å². The van der Waals surface area contributed by atoms with Crippen LogP contribution in [-0.4, -0.2) is 66.2 Å². The maximum absolute atomic E-state index is 13.2. The first-order chi connectivity index (χ1) is 14.2. The molecule has 0 aliphatic carbocycles. The third kappa shape index (κ3) is 4.24. The molecule has 0 saturated carbocycles. The Morgan fingerprint density at radius 3 is 2.52 bits per heavy atom. The van der Waals surface area contributed by atoms with Crippen molar-refractivity contribution in [2.75, 3.05) is 61.6 Å². The average molecular weight is 399 g/mol. The van der Waals surface area contributed by atoms with Crippen LogP contribution >= 0.6 is 0 Å². The van der Waals surface area contributed by atoms with Gasteiger partial charge in [-0.3, -0.25) is 4.68 Å². The number of nitrogens with one attached hydrogen (secondary N) is 1. The number of nitrogens with zero attached hydrogens (tertiary/aromatic N) is 6. The molecule has 3 heterocycles. The second kappa shape index (κ2) is 8.60. The Hall–Kier alpha value is -2.94. The van der Waals surface area contributed by atoms with Gasteiger partial charge in [0, 0.05) is 59.2 Å². The van der Waals surface area contributed by atoms with Crippen LogP contribution in [0.3, 0.4) is 0 Å². The molecule has 1 fully saturated rings. The number of hydrogen-bond acceptors (Lipinski definition) is 7. The molecule has 0 amide bonds. The summed E-state index contributed by atoms with van der Waals surface area (Å²) < 4.78 is 20.1. The SMILES string of the molecule is COCCCNc1nc(N2CCN(c3ccc(F)cc3)CC2)nc2c1cnn2C. The molecule has 8 nitrogen and oxygen atoms in total. The average Bonchev–Trinajstić information content (AvgIpc) is 3.13. The van der Waals surface area contributed by atoms with E-state index in [4.69, 9.17) is 14.7 Å². The van der Waals surface area contributed by atoms with E-state index in [0.717, 1.165) is 61.7 Å². The lowest BCUT2D eigenvalue weighted by atomic mass is 10.2. The minimum Gasteiger partial charge on any atom is -0.385 e. The van der Waals surface area contributed by atoms with Gasteiger partial charge in [-0.2, -0.15) is 15.1 Å². The number of fused-ring (bicyclic) bond motifs is 1. The first kappa shape index (κ1) is 19.4. The molecule has 1 saturated heterocycles. The van der Waals surface area contributed by atoms with Gasteiger partial charge >= 0.3 is 0 Å². The Kier molecular flexibility index (Phi) is 5.75. The number of aryl methyl sites for hydroxylation is 1. The van der Waals surface area contributed by atoms with E-state index in [1.807, 2.05) is 19.2 Å². The van der Waals surface area contributed by atoms with Crippen LogP contribution < -0.4 is 15.1 Å². The zero-order chi connectivity index (χ0) is 20.2. The maximum Gasteiger partial charge on any atom is 0.229 e. The van der Waals surface area contributed by atoms with E-state index in [1.165, 1.54) is 12.1 Å². The Balaban J connectivity index is 1.50. The van der Waals surface area contributed by atoms with Crippen LogP contribution in [0.1, 0.15) is 6.42 Å². The second-order valence-corrected chi connectivity index (χ2v) is 7.10. The zero-order valence-electron chi connectivity index (χ0n) is 16.8. The van der Waals surface area contributed by atoms with Gasteiger partial charge in [0.2, 0.25) is 5.95 Å². The predicted octanol–water partition coefficient (Wildman–Crippen LogP) is 2.28. The molecule has 154 valence electrons. The Bertz CT molecular complexity index is 951. The summed E-state index contributed by atoms with van der Waals surface area (Å²) in [6, 6.07) is 6.65. The molecule has 3 aromatic rings. The van der Waals surface area contributed by atoms with Crippen molar-refractivity contribution in [3.8, 4) is 0 Å². The summed E-state index contributed by atoms with van der Waals surface area (Å²) in [5, 5.41) is 8.65. The van der Waals surface area contributed by atoms with Gasteiger partial charge in [-0.1, -0.05) is 0 Å². The van der Waals surface area contributed by atoms with Crippen LogP contribution in [0.5, 0.6) is 0 Å². The van der Waals surface area contributed by atoms with Crippen LogP contribution in [-0.2, 0) is 11.8 Å². The molecule has 29 heavy (non-hydrogen) atoms. The normalized spacial score (nSPS) is 14.6. The first-order valence-corrected chi connectivity index (χ1v) is 9.84. The fourth-order valence-electron chi connectivity index (χ4n) is 3.53. The molecule has 0 atom stereocenters. The number of aromatic nitrogens is 4. The molecule has 2 aromatic heterocycles. The zero-order valence-corrected chi connectivity index (χ0v) is 16.8. The molecule has 0 unspecified atom stereocenters. The van der Waals surface area contributed by atoms with Crippen molar-refractivity contribution in [3.05, 3.63) is 36.3 Å². The standard InChI is InChI=1S/C20H26FN7O/c1-26-19-17(14-23-26)18(22-8-3-13-29-2)24-20(25-19)28-11-9-27(10-12-28)16-6-4-15(21)5-7-16/h4-7,14H,3,8-13H2,1-2H3,(H,22,24,25). The largest absolute Gasteiger partial charge is 0.385 e. The molecule has 0 bridgehead atoms. The highest BCUT2D eigenvalue weighted by molar-refractivity contribution is 5.87. The monoisotopic (exact) mass is 399 g/mol. The first-order valence-electron chi connectivity index (χ1n) is 9.84. The number of benzene rings is 1. The maximum atomic E-state index is 13.2. The summed E-state index contributed by atoms with van der Waals surface area (Å²) in [6.45, 7) is 4.72. The number of rotatable bonds is 7. The lowest BCUT2D eigenvalue weighted by Crippen LogP contribution is -2.47. The highest BCUT2D eigenvalue weighted by atomic mass is 19.1. The van der Waals surface area contributed by atoms with Crippen molar-refractivity contribution < 1.29 is 9.13 Å². The third-order valence-electron chi connectivity index (χ3n) is 5.15. The van der Waals surface area contributed by atoms with Crippen molar-refractivity contribution in [2.24, 2.45) is 7.05 Å². The number of hydrogen-bond donors (Lipinski definition) is 1. The van der Waals surface area contributed by atoms with E-state index >= 15 is 0 Å².